The van der Waals surface area contributed by atoms with Crippen LogP contribution in [-0.2, 0) is 9.59 Å². The average Bonchev–Trinajstić information content (AvgIpc) is 2.65. The predicted octanol–water partition coefficient (Wildman–Crippen LogP) is 0.805. The number of aldehydes is 2. The van der Waals surface area contributed by atoms with E-state index in [2.05, 4.69) is 17.5 Å². The number of nitriles is 2. The van der Waals surface area contributed by atoms with Gasteiger partial charge >= 0.3 is 0 Å². The zero-order chi connectivity index (χ0) is 17.7. The van der Waals surface area contributed by atoms with Gasteiger partial charge in [-0.2, -0.15) is 10.5 Å². The molecular weight excluding hydrogens is 310 g/mol. The Hall–Kier alpha value is -2.90. The van der Waals surface area contributed by atoms with Crippen LogP contribution in [0.1, 0.15) is 11.5 Å². The summed E-state index contributed by atoms with van der Waals surface area (Å²) < 4.78 is 10.6. The van der Waals surface area contributed by atoms with E-state index in [1.807, 2.05) is 0 Å². The van der Waals surface area contributed by atoms with E-state index in [0.717, 1.165) is 0 Å². The molecule has 1 saturated heterocycles. The van der Waals surface area contributed by atoms with E-state index in [4.69, 9.17) is 9.47 Å². The second-order valence-electron chi connectivity index (χ2n) is 5.43. The fourth-order valence-corrected chi connectivity index (χ4v) is 3.16. The van der Waals surface area contributed by atoms with E-state index in [1.54, 1.807) is 18.2 Å². The lowest BCUT2D eigenvalue weighted by molar-refractivity contribution is -0.114. The molecule has 1 aromatic carbocycles. The van der Waals surface area contributed by atoms with Crippen molar-refractivity contribution in [2.45, 2.75) is 18.0 Å². The van der Waals surface area contributed by atoms with Crippen LogP contribution < -0.4 is 14.8 Å². The van der Waals surface area contributed by atoms with Crippen LogP contribution in [-0.4, -0.2) is 38.9 Å². The lowest BCUT2D eigenvalue weighted by Gasteiger charge is -2.39. The van der Waals surface area contributed by atoms with Crippen LogP contribution in [0.2, 0.25) is 0 Å². The van der Waals surface area contributed by atoms with Gasteiger partial charge in [0.2, 0.25) is 0 Å². The van der Waals surface area contributed by atoms with Crippen LogP contribution >= 0.6 is 0 Å². The molecule has 1 fully saturated rings. The number of nitrogens with zero attached hydrogens (tertiary/aromatic N) is 2. The number of rotatable bonds is 5. The summed E-state index contributed by atoms with van der Waals surface area (Å²) in [4.78, 5) is 22.7. The Morgan fingerprint density at radius 1 is 1.04 bits per heavy atom. The maximum absolute atomic E-state index is 11.4. The van der Waals surface area contributed by atoms with E-state index in [9.17, 15) is 20.1 Å². The molecule has 2 rings (SSSR count). The average molecular weight is 327 g/mol. The fraction of sp³-hybridized carbons (Fsp3) is 0.412. The van der Waals surface area contributed by atoms with Crippen molar-refractivity contribution in [3.05, 3.63) is 23.8 Å². The normalized spacial score (nSPS) is 28.9. The number of ether oxygens (including phenoxy) is 2. The Balaban J connectivity index is 2.65. The van der Waals surface area contributed by atoms with Crippen molar-refractivity contribution >= 4 is 12.6 Å². The predicted molar refractivity (Wildman–Crippen MR) is 83.3 cm³/mol. The minimum Gasteiger partial charge on any atom is -0.497 e. The Kier molecular flexibility index (Phi) is 5.51. The van der Waals surface area contributed by atoms with E-state index < -0.39 is 29.8 Å². The molecule has 1 N–H and O–H groups in total. The number of benzene rings is 1. The van der Waals surface area contributed by atoms with Crippen LogP contribution in [0.25, 0.3) is 0 Å². The third-order valence-electron chi connectivity index (χ3n) is 4.32. The first-order valence-electron chi connectivity index (χ1n) is 7.32. The summed E-state index contributed by atoms with van der Waals surface area (Å²) in [5, 5.41) is 21.9. The number of hydrogen-bond acceptors (Lipinski definition) is 7. The number of nitrogens with one attached hydrogen (secondary N) is 1. The number of methoxy groups -OCH3 is 2. The van der Waals surface area contributed by atoms with E-state index in [1.165, 1.54) is 14.2 Å². The van der Waals surface area contributed by atoms with Gasteiger partial charge in [-0.15, -0.1) is 0 Å². The fourth-order valence-electron chi connectivity index (χ4n) is 3.16. The zero-order valence-corrected chi connectivity index (χ0v) is 13.3. The molecule has 1 aliphatic rings. The minimum atomic E-state index is -0.851. The van der Waals surface area contributed by atoms with Crippen LogP contribution in [0, 0.1) is 34.5 Å². The molecule has 0 bridgehead atoms. The van der Waals surface area contributed by atoms with Crippen molar-refractivity contribution in [1.82, 2.24) is 5.32 Å². The third kappa shape index (κ3) is 2.94. The summed E-state index contributed by atoms with van der Waals surface area (Å²) in [5.41, 5.74) is 0.565. The molecule has 124 valence electrons. The molecule has 1 aliphatic heterocycles. The van der Waals surface area contributed by atoms with Crippen LogP contribution in [0.5, 0.6) is 11.5 Å². The first kappa shape index (κ1) is 17.5. The van der Waals surface area contributed by atoms with Gasteiger partial charge in [0.25, 0.3) is 0 Å². The number of hydrogen-bond donors (Lipinski definition) is 1. The second kappa shape index (κ2) is 7.58. The lowest BCUT2D eigenvalue weighted by atomic mass is 9.69. The maximum atomic E-state index is 11.4. The van der Waals surface area contributed by atoms with Crippen molar-refractivity contribution in [2.75, 3.05) is 14.2 Å². The van der Waals surface area contributed by atoms with E-state index in [-0.39, 0.29) is 0 Å². The van der Waals surface area contributed by atoms with Gasteiger partial charge in [-0.25, -0.2) is 0 Å². The van der Waals surface area contributed by atoms with Gasteiger partial charge in [-0.3, -0.25) is 5.32 Å². The van der Waals surface area contributed by atoms with Crippen molar-refractivity contribution in [1.29, 1.82) is 10.5 Å². The highest BCUT2D eigenvalue weighted by Crippen LogP contribution is 2.43. The maximum Gasteiger partial charge on any atom is 0.138 e. The summed E-state index contributed by atoms with van der Waals surface area (Å²) in [7, 11) is 2.98. The number of carbonyl (C=O) groups excluding carboxylic acids is 2. The molecule has 0 aromatic heterocycles. The van der Waals surface area contributed by atoms with E-state index in [0.29, 0.717) is 29.6 Å². The van der Waals surface area contributed by atoms with E-state index >= 15 is 0 Å². The largest absolute Gasteiger partial charge is 0.497 e. The van der Waals surface area contributed by atoms with Crippen molar-refractivity contribution in [2.24, 2.45) is 11.8 Å². The van der Waals surface area contributed by atoms with Crippen LogP contribution in [0.4, 0.5) is 0 Å². The minimum absolute atomic E-state index is 0.470. The van der Waals surface area contributed by atoms with Gasteiger partial charge in [0.15, 0.2) is 0 Å². The number of carbonyl (C=O) groups is 2. The molecule has 0 saturated carbocycles. The molecule has 0 amide bonds. The summed E-state index contributed by atoms with van der Waals surface area (Å²) in [6.07, 6.45) is 1.19. The Morgan fingerprint density at radius 2 is 1.62 bits per heavy atom. The summed E-state index contributed by atoms with van der Waals surface area (Å²) in [6.45, 7) is 0. The molecule has 0 spiro atoms. The van der Waals surface area contributed by atoms with Crippen LogP contribution in [0.3, 0.4) is 0 Å². The highest BCUT2D eigenvalue weighted by Gasteiger charge is 2.46. The molecule has 5 atom stereocenters. The monoisotopic (exact) mass is 327 g/mol. The molecule has 0 aliphatic carbocycles. The standard InChI is InChI=1S/C17H17N3O4/c1-23-10-3-4-16(24-2)11(5-10)17-12(6-18)14(8-21)20-15(9-22)13(17)7-19/h3-5,8-9,12-15,17,20H,1-2H3/t12-,13+,14+,15-,17?. The molecule has 1 heterocycles. The summed E-state index contributed by atoms with van der Waals surface area (Å²) in [6, 6.07) is 7.53. The van der Waals surface area contributed by atoms with Gasteiger partial charge in [-0.05, 0) is 18.2 Å². The zero-order valence-electron chi connectivity index (χ0n) is 13.3. The molecular formula is C17H17N3O4. The van der Waals surface area contributed by atoms with Crippen molar-refractivity contribution < 1.29 is 19.1 Å². The molecule has 7 heteroatoms. The quantitative estimate of drug-likeness (QED) is 0.796. The van der Waals surface area contributed by atoms with Gasteiger partial charge < -0.3 is 19.1 Å². The van der Waals surface area contributed by atoms with Crippen molar-refractivity contribution in [3.8, 4) is 23.6 Å². The highest BCUT2D eigenvalue weighted by atomic mass is 16.5. The smallest absolute Gasteiger partial charge is 0.138 e. The highest BCUT2D eigenvalue weighted by molar-refractivity contribution is 5.67. The molecule has 24 heavy (non-hydrogen) atoms. The first-order chi connectivity index (χ1) is 11.6. The second-order valence-corrected chi connectivity index (χ2v) is 5.43. The molecule has 7 nitrogen and oxygen atoms in total. The molecule has 0 radical (unpaired) electrons. The SMILES string of the molecule is COc1ccc(OC)c(C2[C@@H](C#N)[C@@H](C=O)N[C@@H](C=O)[C@H]2C#N)c1. The Labute approximate surface area is 139 Å². The van der Waals surface area contributed by atoms with Crippen molar-refractivity contribution in [3.63, 3.8) is 0 Å². The summed E-state index contributed by atoms with van der Waals surface area (Å²) in [5.74, 6) is -1.30. The number of piperidine rings is 1. The van der Waals surface area contributed by atoms with Gasteiger partial charge in [-0.1, -0.05) is 0 Å². The van der Waals surface area contributed by atoms with Gasteiger partial charge in [0, 0.05) is 11.5 Å². The third-order valence-corrected chi connectivity index (χ3v) is 4.32. The Morgan fingerprint density at radius 3 is 2.04 bits per heavy atom. The molecule has 1 unspecified atom stereocenters. The lowest BCUT2D eigenvalue weighted by Crippen LogP contribution is -2.56. The first-order valence-corrected chi connectivity index (χ1v) is 7.32. The summed E-state index contributed by atoms with van der Waals surface area (Å²) >= 11 is 0. The van der Waals surface area contributed by atoms with Crippen LogP contribution in [0.15, 0.2) is 18.2 Å². The van der Waals surface area contributed by atoms with Gasteiger partial charge in [0.05, 0.1) is 50.3 Å². The van der Waals surface area contributed by atoms with Gasteiger partial charge in [0.1, 0.15) is 24.1 Å². The molecule has 1 aromatic rings. The topological polar surface area (TPSA) is 112 Å². The Bertz CT molecular complexity index is 675.